The molecule has 0 radical (unpaired) electrons. The number of halogens is 2. The Balaban J connectivity index is 2.10. The zero-order valence-electron chi connectivity index (χ0n) is 10.3. The number of hydrogen-bond acceptors (Lipinski definition) is 3. The summed E-state index contributed by atoms with van der Waals surface area (Å²) in [6.07, 6.45) is 0. The molecule has 0 bridgehead atoms. The van der Waals surface area contributed by atoms with Gasteiger partial charge in [0.2, 0.25) is 0 Å². The van der Waals surface area contributed by atoms with Gasteiger partial charge >= 0.3 is 0 Å². The van der Waals surface area contributed by atoms with E-state index in [0.29, 0.717) is 17.0 Å². The van der Waals surface area contributed by atoms with Crippen LogP contribution >= 0.6 is 15.9 Å². The second-order valence-corrected chi connectivity index (χ2v) is 4.79. The number of benzene rings is 2. The number of nitrogen functional groups attached to an aromatic ring is 1. The molecule has 0 aliphatic carbocycles. The fraction of sp³-hybridized carbons (Fsp3) is 0.143. The van der Waals surface area contributed by atoms with Crippen molar-refractivity contribution in [1.29, 1.82) is 0 Å². The fourth-order valence-electron chi connectivity index (χ4n) is 1.56. The van der Waals surface area contributed by atoms with Gasteiger partial charge in [-0.25, -0.2) is 4.39 Å². The van der Waals surface area contributed by atoms with E-state index in [0.717, 1.165) is 10.2 Å². The highest BCUT2D eigenvalue weighted by atomic mass is 79.9. The molecule has 19 heavy (non-hydrogen) atoms. The summed E-state index contributed by atoms with van der Waals surface area (Å²) in [6, 6.07) is 9.86. The van der Waals surface area contributed by atoms with Gasteiger partial charge in [0.1, 0.15) is 23.9 Å². The molecule has 100 valence electrons. The molecular weight excluding hydrogens is 313 g/mol. The molecule has 0 atom stereocenters. The highest BCUT2D eigenvalue weighted by Crippen LogP contribution is 2.29. The molecule has 2 aromatic rings. The summed E-state index contributed by atoms with van der Waals surface area (Å²) in [5.74, 6) is 0.972. The van der Waals surface area contributed by atoms with E-state index >= 15 is 0 Å². The molecule has 3 nitrogen and oxygen atoms in total. The van der Waals surface area contributed by atoms with Gasteiger partial charge < -0.3 is 15.2 Å². The molecule has 2 aromatic carbocycles. The van der Waals surface area contributed by atoms with Gasteiger partial charge in [-0.1, -0.05) is 6.07 Å². The Labute approximate surface area is 119 Å². The van der Waals surface area contributed by atoms with Crippen molar-refractivity contribution in [3.63, 3.8) is 0 Å². The maximum absolute atomic E-state index is 13.6. The van der Waals surface area contributed by atoms with Gasteiger partial charge in [0.05, 0.1) is 11.6 Å². The largest absolute Gasteiger partial charge is 0.497 e. The summed E-state index contributed by atoms with van der Waals surface area (Å²) in [4.78, 5) is 0. The van der Waals surface area contributed by atoms with Crippen LogP contribution in [0.3, 0.4) is 0 Å². The number of ether oxygens (including phenoxy) is 2. The van der Waals surface area contributed by atoms with Crippen molar-refractivity contribution in [3.05, 3.63) is 52.3 Å². The average Bonchev–Trinajstić information content (AvgIpc) is 2.39. The average molecular weight is 326 g/mol. The van der Waals surface area contributed by atoms with E-state index in [1.165, 1.54) is 6.07 Å². The molecule has 0 saturated carbocycles. The normalized spacial score (nSPS) is 10.3. The lowest BCUT2D eigenvalue weighted by Crippen LogP contribution is -2.00. The SMILES string of the molecule is COc1ccc(OCc2ccc(N)cc2F)c(Br)c1. The maximum atomic E-state index is 13.6. The molecule has 5 heteroatoms. The lowest BCUT2D eigenvalue weighted by Gasteiger charge is -2.10. The van der Waals surface area contributed by atoms with Crippen molar-refractivity contribution < 1.29 is 13.9 Å². The van der Waals surface area contributed by atoms with Gasteiger partial charge in [-0.2, -0.15) is 0 Å². The van der Waals surface area contributed by atoms with Crippen molar-refractivity contribution in [2.75, 3.05) is 12.8 Å². The van der Waals surface area contributed by atoms with E-state index in [9.17, 15) is 4.39 Å². The maximum Gasteiger partial charge on any atom is 0.134 e. The molecular formula is C14H13BrFNO2. The van der Waals surface area contributed by atoms with Crippen molar-refractivity contribution in [2.45, 2.75) is 6.61 Å². The standard InChI is InChI=1S/C14H13BrFNO2/c1-18-11-4-5-14(12(15)7-11)19-8-9-2-3-10(17)6-13(9)16/h2-7H,8,17H2,1H3. The third kappa shape index (κ3) is 3.38. The number of hydrogen-bond donors (Lipinski definition) is 1. The van der Waals surface area contributed by atoms with Crippen LogP contribution in [-0.4, -0.2) is 7.11 Å². The molecule has 0 aliphatic rings. The van der Waals surface area contributed by atoms with E-state index in [1.54, 1.807) is 37.4 Å². The minimum atomic E-state index is -0.371. The monoisotopic (exact) mass is 325 g/mol. The lowest BCUT2D eigenvalue weighted by molar-refractivity contribution is 0.297. The second kappa shape index (κ2) is 5.93. The van der Waals surface area contributed by atoms with Gasteiger partial charge in [0, 0.05) is 11.3 Å². The third-order valence-corrected chi connectivity index (χ3v) is 3.22. The van der Waals surface area contributed by atoms with Crippen molar-refractivity contribution >= 4 is 21.6 Å². The molecule has 2 rings (SSSR count). The van der Waals surface area contributed by atoms with Crippen LogP contribution < -0.4 is 15.2 Å². The zero-order chi connectivity index (χ0) is 13.8. The number of rotatable bonds is 4. The Morgan fingerprint density at radius 3 is 2.63 bits per heavy atom. The smallest absolute Gasteiger partial charge is 0.134 e. The van der Waals surface area contributed by atoms with Crippen LogP contribution in [0, 0.1) is 5.82 Å². The molecule has 0 spiro atoms. The first kappa shape index (κ1) is 13.7. The van der Waals surface area contributed by atoms with Crippen LogP contribution in [0.5, 0.6) is 11.5 Å². The van der Waals surface area contributed by atoms with E-state index in [4.69, 9.17) is 15.2 Å². The predicted octanol–water partition coefficient (Wildman–Crippen LogP) is 3.76. The summed E-state index contributed by atoms with van der Waals surface area (Å²) >= 11 is 3.37. The molecule has 0 aliphatic heterocycles. The Bertz CT molecular complexity index is 590. The first-order chi connectivity index (χ1) is 9.10. The summed E-state index contributed by atoms with van der Waals surface area (Å²) in [5.41, 5.74) is 6.34. The topological polar surface area (TPSA) is 44.5 Å². The van der Waals surface area contributed by atoms with Crippen LogP contribution in [0.2, 0.25) is 0 Å². The number of nitrogens with two attached hydrogens (primary N) is 1. The Morgan fingerprint density at radius 2 is 2.00 bits per heavy atom. The Kier molecular flexibility index (Phi) is 4.27. The van der Waals surface area contributed by atoms with E-state index in [-0.39, 0.29) is 12.4 Å². The van der Waals surface area contributed by atoms with Crippen LogP contribution in [-0.2, 0) is 6.61 Å². The molecule has 0 heterocycles. The van der Waals surface area contributed by atoms with Gasteiger partial charge in [0.15, 0.2) is 0 Å². The first-order valence-corrected chi connectivity index (χ1v) is 6.39. The summed E-state index contributed by atoms with van der Waals surface area (Å²) in [6.45, 7) is 0.136. The molecule has 0 fully saturated rings. The highest BCUT2D eigenvalue weighted by Gasteiger charge is 2.06. The van der Waals surface area contributed by atoms with Crippen LogP contribution in [0.25, 0.3) is 0 Å². The first-order valence-electron chi connectivity index (χ1n) is 5.60. The van der Waals surface area contributed by atoms with Crippen molar-refractivity contribution in [2.24, 2.45) is 0 Å². The van der Waals surface area contributed by atoms with Gasteiger partial charge in [-0.3, -0.25) is 0 Å². The number of methoxy groups -OCH3 is 1. The molecule has 0 amide bonds. The molecule has 2 N–H and O–H groups in total. The third-order valence-electron chi connectivity index (χ3n) is 2.60. The zero-order valence-corrected chi connectivity index (χ0v) is 11.9. The van der Waals surface area contributed by atoms with Crippen LogP contribution in [0.1, 0.15) is 5.56 Å². The van der Waals surface area contributed by atoms with Crippen molar-refractivity contribution in [1.82, 2.24) is 0 Å². The van der Waals surface area contributed by atoms with Gasteiger partial charge in [-0.05, 0) is 46.3 Å². The quantitative estimate of drug-likeness (QED) is 0.870. The van der Waals surface area contributed by atoms with Gasteiger partial charge in [-0.15, -0.1) is 0 Å². The second-order valence-electron chi connectivity index (χ2n) is 3.94. The van der Waals surface area contributed by atoms with Crippen molar-refractivity contribution in [3.8, 4) is 11.5 Å². The summed E-state index contributed by atoms with van der Waals surface area (Å²) in [5, 5.41) is 0. The molecule has 0 aromatic heterocycles. The highest BCUT2D eigenvalue weighted by molar-refractivity contribution is 9.10. The fourth-order valence-corrected chi connectivity index (χ4v) is 2.03. The summed E-state index contributed by atoms with van der Waals surface area (Å²) in [7, 11) is 1.59. The summed E-state index contributed by atoms with van der Waals surface area (Å²) < 4.78 is 25.0. The minimum absolute atomic E-state index is 0.136. The van der Waals surface area contributed by atoms with E-state index < -0.39 is 0 Å². The Morgan fingerprint density at radius 1 is 1.21 bits per heavy atom. The van der Waals surface area contributed by atoms with Crippen LogP contribution in [0.4, 0.5) is 10.1 Å². The molecule has 0 unspecified atom stereocenters. The van der Waals surface area contributed by atoms with Gasteiger partial charge in [0.25, 0.3) is 0 Å². The molecule has 0 saturated heterocycles. The number of anilines is 1. The van der Waals surface area contributed by atoms with E-state index in [1.807, 2.05) is 0 Å². The predicted molar refractivity (Wildman–Crippen MR) is 75.8 cm³/mol. The minimum Gasteiger partial charge on any atom is -0.497 e. The Hall–Kier alpha value is -1.75. The van der Waals surface area contributed by atoms with E-state index in [2.05, 4.69) is 15.9 Å². The lowest BCUT2D eigenvalue weighted by atomic mass is 10.2. The van der Waals surface area contributed by atoms with Crippen LogP contribution in [0.15, 0.2) is 40.9 Å².